The van der Waals surface area contributed by atoms with E-state index >= 15 is 0 Å². The summed E-state index contributed by atoms with van der Waals surface area (Å²) in [5, 5.41) is 6.63. The summed E-state index contributed by atoms with van der Waals surface area (Å²) in [6.45, 7) is 4.89. The molecule has 9 heteroatoms. The molecule has 30 heavy (non-hydrogen) atoms. The van der Waals surface area contributed by atoms with Gasteiger partial charge in [-0.2, -0.15) is 0 Å². The maximum Gasteiger partial charge on any atom is 0.211 e. The van der Waals surface area contributed by atoms with Gasteiger partial charge in [0.2, 0.25) is 5.95 Å². The molecule has 4 aromatic rings. The van der Waals surface area contributed by atoms with Crippen molar-refractivity contribution >= 4 is 28.7 Å². The first-order valence-electron chi connectivity index (χ1n) is 9.78. The predicted octanol–water partition coefficient (Wildman–Crippen LogP) is 3.60. The highest BCUT2D eigenvalue weighted by atomic mass is 16.5. The lowest BCUT2D eigenvalue weighted by Crippen LogP contribution is -2.08. The molecule has 0 aliphatic rings. The molecule has 0 aliphatic heterocycles. The number of fused-ring (bicyclic) bond motifs is 1. The maximum absolute atomic E-state index is 5.21. The second kappa shape index (κ2) is 8.73. The Morgan fingerprint density at radius 1 is 1.07 bits per heavy atom. The third kappa shape index (κ3) is 4.14. The zero-order valence-corrected chi connectivity index (χ0v) is 17.2. The van der Waals surface area contributed by atoms with Crippen LogP contribution in [0.1, 0.15) is 25.5 Å². The van der Waals surface area contributed by atoms with E-state index in [4.69, 9.17) is 9.72 Å². The Bertz CT molecular complexity index is 1110. The van der Waals surface area contributed by atoms with Crippen molar-refractivity contribution in [1.82, 2.24) is 29.5 Å². The number of methoxy groups -OCH3 is 1. The summed E-state index contributed by atoms with van der Waals surface area (Å²) >= 11 is 0. The number of nitrogens with one attached hydrogen (secondary N) is 2. The van der Waals surface area contributed by atoms with Gasteiger partial charge in [0, 0.05) is 25.0 Å². The van der Waals surface area contributed by atoms with Gasteiger partial charge in [0.1, 0.15) is 12.1 Å². The quantitative estimate of drug-likeness (QED) is 0.459. The second-order valence-electron chi connectivity index (χ2n) is 7.03. The fourth-order valence-corrected chi connectivity index (χ4v) is 3.21. The number of ether oxygens (including phenoxy) is 1. The largest absolute Gasteiger partial charge is 0.497 e. The smallest absolute Gasteiger partial charge is 0.211 e. The van der Waals surface area contributed by atoms with Crippen LogP contribution < -0.4 is 15.4 Å². The van der Waals surface area contributed by atoms with Crippen LogP contribution >= 0.6 is 0 Å². The number of benzene rings is 1. The minimum Gasteiger partial charge on any atom is -0.497 e. The summed E-state index contributed by atoms with van der Waals surface area (Å²) in [6, 6.07) is 8.20. The molecule has 2 N–H and O–H groups in total. The van der Waals surface area contributed by atoms with Gasteiger partial charge in [0.05, 0.1) is 13.3 Å². The summed E-state index contributed by atoms with van der Waals surface area (Å²) in [4.78, 5) is 22.0. The third-order valence-corrected chi connectivity index (χ3v) is 4.66. The van der Waals surface area contributed by atoms with Gasteiger partial charge in [0.15, 0.2) is 22.8 Å². The molecule has 0 radical (unpaired) electrons. The van der Waals surface area contributed by atoms with Gasteiger partial charge in [-0.1, -0.05) is 12.1 Å². The van der Waals surface area contributed by atoms with Crippen molar-refractivity contribution in [1.29, 1.82) is 0 Å². The van der Waals surface area contributed by atoms with Crippen LogP contribution in [0.15, 0.2) is 49.2 Å². The number of hydrogen-bond acceptors (Lipinski definition) is 8. The zero-order chi connectivity index (χ0) is 20.9. The van der Waals surface area contributed by atoms with Crippen LogP contribution in [0.5, 0.6) is 5.75 Å². The maximum atomic E-state index is 5.21. The van der Waals surface area contributed by atoms with Crippen molar-refractivity contribution in [3.05, 3.63) is 54.7 Å². The molecule has 3 aromatic heterocycles. The Labute approximate surface area is 174 Å². The second-order valence-corrected chi connectivity index (χ2v) is 7.03. The number of rotatable bonds is 8. The average molecular weight is 404 g/mol. The molecular formula is C21H24N8O. The van der Waals surface area contributed by atoms with E-state index in [0.717, 1.165) is 24.4 Å². The van der Waals surface area contributed by atoms with Gasteiger partial charge in [-0.15, -0.1) is 0 Å². The number of anilines is 3. The minimum atomic E-state index is 0.149. The molecule has 9 nitrogen and oxygen atoms in total. The molecule has 0 aliphatic carbocycles. The van der Waals surface area contributed by atoms with Crippen LogP contribution in [0.4, 0.5) is 17.6 Å². The van der Waals surface area contributed by atoms with E-state index in [-0.39, 0.29) is 6.04 Å². The Balaban J connectivity index is 1.56. The summed E-state index contributed by atoms with van der Waals surface area (Å²) in [5.74, 6) is 2.83. The highest BCUT2D eigenvalue weighted by Crippen LogP contribution is 2.27. The van der Waals surface area contributed by atoms with Crippen LogP contribution in [0.2, 0.25) is 0 Å². The van der Waals surface area contributed by atoms with Gasteiger partial charge >= 0.3 is 0 Å². The van der Waals surface area contributed by atoms with Gasteiger partial charge in [-0.25, -0.2) is 19.9 Å². The van der Waals surface area contributed by atoms with E-state index in [1.54, 1.807) is 32.0 Å². The molecule has 0 saturated heterocycles. The fourth-order valence-electron chi connectivity index (χ4n) is 3.21. The van der Waals surface area contributed by atoms with Crippen LogP contribution in [0.25, 0.3) is 11.2 Å². The number of aromatic nitrogens is 6. The van der Waals surface area contributed by atoms with E-state index in [1.165, 1.54) is 5.56 Å². The average Bonchev–Trinajstić information content (AvgIpc) is 3.14. The van der Waals surface area contributed by atoms with Crippen molar-refractivity contribution in [3.8, 4) is 5.75 Å². The lowest BCUT2D eigenvalue weighted by molar-refractivity contribution is 0.414. The summed E-state index contributed by atoms with van der Waals surface area (Å²) < 4.78 is 7.24. The van der Waals surface area contributed by atoms with Crippen LogP contribution in [0, 0.1) is 0 Å². The van der Waals surface area contributed by atoms with E-state index in [0.29, 0.717) is 23.1 Å². The first kappa shape index (κ1) is 19.6. The molecule has 0 spiro atoms. The minimum absolute atomic E-state index is 0.149. The zero-order valence-electron chi connectivity index (χ0n) is 17.2. The lowest BCUT2D eigenvalue weighted by Gasteiger charge is -2.12. The molecule has 1 aromatic carbocycles. The molecule has 0 amide bonds. The van der Waals surface area contributed by atoms with E-state index in [2.05, 4.69) is 56.5 Å². The molecule has 0 unspecified atom stereocenters. The Morgan fingerprint density at radius 2 is 1.90 bits per heavy atom. The molecule has 0 saturated carbocycles. The van der Waals surface area contributed by atoms with Crippen molar-refractivity contribution in [2.75, 3.05) is 24.3 Å². The Hall–Kier alpha value is -3.75. The van der Waals surface area contributed by atoms with Gasteiger partial charge in [0.25, 0.3) is 0 Å². The van der Waals surface area contributed by atoms with Crippen molar-refractivity contribution in [2.45, 2.75) is 26.3 Å². The highest BCUT2D eigenvalue weighted by molar-refractivity contribution is 5.85. The number of hydrogen-bond donors (Lipinski definition) is 2. The molecule has 0 atom stereocenters. The van der Waals surface area contributed by atoms with Gasteiger partial charge in [-0.3, -0.25) is 9.55 Å². The molecule has 0 fully saturated rings. The lowest BCUT2D eigenvalue weighted by atomic mass is 10.1. The summed E-state index contributed by atoms with van der Waals surface area (Å²) in [7, 11) is 1.67. The van der Waals surface area contributed by atoms with E-state index < -0.39 is 0 Å². The van der Waals surface area contributed by atoms with Crippen molar-refractivity contribution in [2.24, 2.45) is 0 Å². The molecule has 3 heterocycles. The monoisotopic (exact) mass is 404 g/mol. The Morgan fingerprint density at radius 3 is 2.60 bits per heavy atom. The SMILES string of the molecule is COc1ccc(CCNc2ncnc3c2nc(Nc2cnccn2)n3C(C)C)cc1. The first-order valence-corrected chi connectivity index (χ1v) is 9.78. The summed E-state index contributed by atoms with van der Waals surface area (Å²) in [6.07, 6.45) is 7.34. The number of nitrogens with zero attached hydrogens (tertiary/aromatic N) is 6. The number of imidazole rings is 1. The topological polar surface area (TPSA) is 103 Å². The third-order valence-electron chi connectivity index (χ3n) is 4.66. The van der Waals surface area contributed by atoms with Crippen LogP contribution in [0.3, 0.4) is 0 Å². The van der Waals surface area contributed by atoms with Crippen molar-refractivity contribution < 1.29 is 4.74 Å². The predicted molar refractivity (Wildman–Crippen MR) is 116 cm³/mol. The standard InChI is InChI=1S/C21H24N8O/c1-14(2)29-20-18(28-21(29)27-17-12-22-10-11-23-17)19(25-13-26-20)24-9-8-15-4-6-16(30-3)7-5-15/h4-7,10-14H,8-9H2,1-3H3,(H,23,27,28)(H,24,25,26). The van der Waals surface area contributed by atoms with Crippen LogP contribution in [-0.2, 0) is 6.42 Å². The normalized spacial score (nSPS) is 11.1. The Kier molecular flexibility index (Phi) is 5.69. The fraction of sp³-hybridized carbons (Fsp3) is 0.286. The molecule has 154 valence electrons. The molecular weight excluding hydrogens is 380 g/mol. The molecule has 0 bridgehead atoms. The van der Waals surface area contributed by atoms with Crippen LogP contribution in [-0.4, -0.2) is 43.1 Å². The summed E-state index contributed by atoms with van der Waals surface area (Å²) in [5.41, 5.74) is 2.69. The van der Waals surface area contributed by atoms with Gasteiger partial charge < -0.3 is 15.4 Å². The highest BCUT2D eigenvalue weighted by Gasteiger charge is 2.18. The van der Waals surface area contributed by atoms with Crippen molar-refractivity contribution in [3.63, 3.8) is 0 Å². The first-order chi connectivity index (χ1) is 14.7. The van der Waals surface area contributed by atoms with E-state index in [9.17, 15) is 0 Å². The molecule has 4 rings (SSSR count). The van der Waals surface area contributed by atoms with Gasteiger partial charge in [-0.05, 0) is 38.0 Å². The van der Waals surface area contributed by atoms with E-state index in [1.807, 2.05) is 16.7 Å².